The average Bonchev–Trinajstić information content (AvgIpc) is 2.94. The van der Waals surface area contributed by atoms with Gasteiger partial charge in [0.15, 0.2) is 0 Å². The predicted octanol–water partition coefficient (Wildman–Crippen LogP) is 7.60. The van der Waals surface area contributed by atoms with Crippen LogP contribution < -0.4 is 10.2 Å². The van der Waals surface area contributed by atoms with Gasteiger partial charge in [-0.2, -0.15) is 0 Å². The molecule has 1 amide bonds. The molecule has 0 saturated heterocycles. The number of quaternary nitrogens is 1. The van der Waals surface area contributed by atoms with Crippen molar-refractivity contribution in [1.29, 1.82) is 0 Å². The molecule has 3 atom stereocenters. The van der Waals surface area contributed by atoms with Crippen LogP contribution in [0.5, 0.6) is 0 Å². The van der Waals surface area contributed by atoms with Crippen LogP contribution in [0.25, 0.3) is 0 Å². The smallest absolute Gasteiger partial charge is 0.268 e. The van der Waals surface area contributed by atoms with Crippen LogP contribution in [-0.4, -0.2) is 68.5 Å². The van der Waals surface area contributed by atoms with Gasteiger partial charge in [-0.15, -0.1) is 0 Å². The van der Waals surface area contributed by atoms with E-state index in [-0.39, 0.29) is 12.5 Å². The van der Waals surface area contributed by atoms with Gasteiger partial charge in [-0.25, -0.2) is 0 Å². The maximum Gasteiger partial charge on any atom is 0.268 e. The third-order valence-corrected chi connectivity index (χ3v) is 8.36. The molecule has 0 aromatic heterocycles. The van der Waals surface area contributed by atoms with Crippen LogP contribution >= 0.6 is 7.82 Å². The minimum atomic E-state index is -4.57. The zero-order valence-corrected chi connectivity index (χ0v) is 29.3. The van der Waals surface area contributed by atoms with E-state index in [0.717, 1.165) is 44.9 Å². The Kier molecular flexibility index (Phi) is 26.7. The highest BCUT2D eigenvalue weighted by atomic mass is 31.2. The predicted molar refractivity (Wildman–Crippen MR) is 178 cm³/mol. The number of rotatable bonds is 30. The summed E-state index contributed by atoms with van der Waals surface area (Å²) in [5.41, 5.74) is 0. The lowest BCUT2D eigenvalue weighted by atomic mass is 10.0. The van der Waals surface area contributed by atoms with Gasteiger partial charge in [0.25, 0.3) is 7.82 Å². The van der Waals surface area contributed by atoms with E-state index in [2.05, 4.69) is 31.3 Å². The molecule has 0 saturated carbocycles. The fourth-order valence-corrected chi connectivity index (χ4v) is 5.31. The molecule has 2 N–H and O–H groups in total. The maximum absolute atomic E-state index is 12.7. The van der Waals surface area contributed by atoms with E-state index in [9.17, 15) is 19.4 Å². The second-order valence-corrected chi connectivity index (χ2v) is 14.3. The van der Waals surface area contributed by atoms with Crippen LogP contribution in [0.15, 0.2) is 24.3 Å². The molecule has 3 unspecified atom stereocenters. The third kappa shape index (κ3) is 29.5. The van der Waals surface area contributed by atoms with Gasteiger partial charge in [-0.1, -0.05) is 128 Å². The number of phosphoric ester groups is 1. The molecule has 43 heavy (non-hydrogen) atoms. The molecule has 9 heteroatoms. The Labute approximate surface area is 264 Å². The van der Waals surface area contributed by atoms with Crippen molar-refractivity contribution >= 4 is 13.7 Å². The van der Waals surface area contributed by atoms with Crippen LogP contribution in [-0.2, 0) is 18.4 Å². The Bertz CT molecular complexity index is 768. The zero-order chi connectivity index (χ0) is 32.2. The van der Waals surface area contributed by atoms with Crippen molar-refractivity contribution in [2.45, 2.75) is 148 Å². The number of unbranched alkanes of at least 4 members (excludes halogenated alkanes) is 15. The number of nitrogens with zero attached hydrogens (tertiary/aromatic N) is 1. The summed E-state index contributed by atoms with van der Waals surface area (Å²) in [4.78, 5) is 25.0. The third-order valence-electron chi connectivity index (χ3n) is 7.40. The number of nitrogens with one attached hydrogen (secondary N) is 1. The van der Waals surface area contributed by atoms with Crippen molar-refractivity contribution in [3.05, 3.63) is 24.3 Å². The van der Waals surface area contributed by atoms with Crippen LogP contribution in [0.3, 0.4) is 0 Å². The minimum Gasteiger partial charge on any atom is -0.756 e. The molecule has 254 valence electrons. The van der Waals surface area contributed by atoms with E-state index >= 15 is 0 Å². The van der Waals surface area contributed by atoms with Crippen molar-refractivity contribution < 1.29 is 32.9 Å². The summed E-state index contributed by atoms with van der Waals surface area (Å²) in [6.07, 6.45) is 28.1. The molecule has 0 aliphatic heterocycles. The van der Waals surface area contributed by atoms with Gasteiger partial charge < -0.3 is 28.8 Å². The first-order valence-electron chi connectivity index (χ1n) is 17.2. The number of carbonyl (C=O) groups excluding carboxylic acids is 1. The molecular formula is C34H67N2O6P. The van der Waals surface area contributed by atoms with E-state index in [1.807, 2.05) is 27.2 Å². The highest BCUT2D eigenvalue weighted by Gasteiger charge is 2.23. The Hall–Kier alpha value is -1.02. The number of likely N-dealkylation sites (N-methyl/N-ethyl adjacent to an activating group) is 1. The number of hydrogen-bond acceptors (Lipinski definition) is 6. The van der Waals surface area contributed by atoms with E-state index in [1.165, 1.54) is 70.6 Å². The van der Waals surface area contributed by atoms with Gasteiger partial charge in [-0.05, 0) is 25.7 Å². The van der Waals surface area contributed by atoms with Gasteiger partial charge in [-0.3, -0.25) is 9.36 Å². The highest BCUT2D eigenvalue weighted by Crippen LogP contribution is 2.38. The molecular weight excluding hydrogens is 563 g/mol. The molecule has 0 bridgehead atoms. The van der Waals surface area contributed by atoms with Crippen molar-refractivity contribution in [2.75, 3.05) is 40.9 Å². The first-order chi connectivity index (χ1) is 20.5. The van der Waals surface area contributed by atoms with E-state index < -0.39 is 26.6 Å². The van der Waals surface area contributed by atoms with Crippen molar-refractivity contribution in [3.63, 3.8) is 0 Å². The van der Waals surface area contributed by atoms with Gasteiger partial charge in [0.2, 0.25) is 5.91 Å². The minimum absolute atomic E-state index is 0.00552. The van der Waals surface area contributed by atoms with Crippen LogP contribution in [0, 0.1) is 0 Å². The number of aliphatic hydroxyl groups excluding tert-OH is 1. The summed E-state index contributed by atoms with van der Waals surface area (Å²) in [5, 5.41) is 13.5. The van der Waals surface area contributed by atoms with Crippen molar-refractivity contribution in [2.24, 2.45) is 0 Å². The number of aliphatic hydroxyl groups is 1. The number of amides is 1. The number of carbonyl (C=O) groups is 1. The lowest BCUT2D eigenvalue weighted by Gasteiger charge is -2.29. The lowest BCUT2D eigenvalue weighted by molar-refractivity contribution is -0.870. The second-order valence-electron chi connectivity index (χ2n) is 12.9. The Morgan fingerprint density at radius 1 is 0.791 bits per heavy atom. The average molecular weight is 631 g/mol. The van der Waals surface area contributed by atoms with Gasteiger partial charge in [0.1, 0.15) is 13.2 Å². The topological polar surface area (TPSA) is 108 Å². The first kappa shape index (κ1) is 42.0. The Balaban J connectivity index is 4.49. The summed E-state index contributed by atoms with van der Waals surface area (Å²) < 4.78 is 22.9. The maximum atomic E-state index is 12.7. The number of hydrogen-bond donors (Lipinski definition) is 2. The summed E-state index contributed by atoms with van der Waals surface area (Å²) in [6, 6.07) is -0.893. The zero-order valence-electron chi connectivity index (χ0n) is 28.4. The largest absolute Gasteiger partial charge is 0.756 e. The molecule has 0 aliphatic carbocycles. The summed E-state index contributed by atoms with van der Waals surface area (Å²) in [5.74, 6) is -0.214. The quantitative estimate of drug-likeness (QED) is 0.0366. The summed E-state index contributed by atoms with van der Waals surface area (Å²) >= 11 is 0. The SMILES string of the molecule is CCC/C=C/CC/C=C/C(O)C(COP(=O)([O-])OCC[N+](C)(C)C)NC(=O)CCCCCCCCCCCCCCCC. The second kappa shape index (κ2) is 27.3. The molecule has 0 heterocycles. The molecule has 0 spiro atoms. The van der Waals surface area contributed by atoms with Gasteiger partial charge in [0, 0.05) is 6.42 Å². The summed E-state index contributed by atoms with van der Waals surface area (Å²) in [7, 11) is 1.24. The number of allylic oxidation sites excluding steroid dienone is 3. The molecule has 0 fully saturated rings. The first-order valence-corrected chi connectivity index (χ1v) is 18.7. The molecule has 0 radical (unpaired) electrons. The van der Waals surface area contributed by atoms with E-state index in [0.29, 0.717) is 17.4 Å². The van der Waals surface area contributed by atoms with E-state index in [1.54, 1.807) is 6.08 Å². The van der Waals surface area contributed by atoms with Crippen LogP contribution in [0.1, 0.15) is 136 Å². The van der Waals surface area contributed by atoms with Crippen LogP contribution in [0.2, 0.25) is 0 Å². The molecule has 0 aliphatic rings. The van der Waals surface area contributed by atoms with Gasteiger partial charge in [0.05, 0.1) is 39.9 Å². The van der Waals surface area contributed by atoms with Gasteiger partial charge >= 0.3 is 0 Å². The fourth-order valence-electron chi connectivity index (χ4n) is 4.58. The molecule has 0 aromatic rings. The van der Waals surface area contributed by atoms with E-state index in [4.69, 9.17) is 9.05 Å². The Morgan fingerprint density at radius 2 is 1.30 bits per heavy atom. The summed E-state index contributed by atoms with van der Waals surface area (Å²) in [6.45, 7) is 4.48. The molecule has 0 rings (SSSR count). The normalized spacial score (nSPS) is 15.2. The van der Waals surface area contributed by atoms with Crippen molar-refractivity contribution in [1.82, 2.24) is 5.32 Å². The fraction of sp³-hybridized carbons (Fsp3) is 0.853. The Morgan fingerprint density at radius 3 is 1.84 bits per heavy atom. The van der Waals surface area contributed by atoms with Crippen LogP contribution in [0.4, 0.5) is 0 Å². The highest BCUT2D eigenvalue weighted by molar-refractivity contribution is 7.45. The molecule has 0 aromatic carbocycles. The number of phosphoric acid groups is 1. The lowest BCUT2D eigenvalue weighted by Crippen LogP contribution is -2.45. The standard InChI is InChI=1S/C34H67N2O6P/c1-6-8-10-12-14-15-16-17-18-19-20-22-24-26-28-34(38)35-32(33(37)27-25-23-21-13-11-9-7-2)31-42-43(39,40)41-30-29-36(3,4)5/h11,13,25,27,32-33,37H,6-10,12,14-24,26,28-31H2,1-5H3,(H-,35,38,39,40)/b13-11+,27-25+. The molecule has 8 nitrogen and oxygen atoms in total. The monoisotopic (exact) mass is 630 g/mol. The van der Waals surface area contributed by atoms with Crippen molar-refractivity contribution in [3.8, 4) is 0 Å².